The van der Waals surface area contributed by atoms with Crippen molar-refractivity contribution >= 4 is 11.8 Å². The number of hydrogen-bond acceptors (Lipinski definition) is 2. The first-order chi connectivity index (χ1) is 10.5. The van der Waals surface area contributed by atoms with E-state index >= 15 is 0 Å². The highest BCUT2D eigenvalue weighted by atomic mass is 19.4. The lowest BCUT2D eigenvalue weighted by molar-refractivity contribution is -0.137. The molecule has 0 saturated carbocycles. The van der Waals surface area contributed by atoms with Gasteiger partial charge in [0.05, 0.1) is 5.56 Å². The lowest BCUT2D eigenvalue weighted by Crippen LogP contribution is -2.46. The average Bonchev–Trinajstić information content (AvgIpc) is 2.44. The number of carbonyl (C=O) groups excluding carboxylic acids is 2. The van der Waals surface area contributed by atoms with Crippen molar-refractivity contribution in [3.8, 4) is 0 Å². The summed E-state index contributed by atoms with van der Waals surface area (Å²) in [5, 5.41) is 2.53. The summed E-state index contributed by atoms with van der Waals surface area (Å²) in [6, 6.07) is 3.36. The van der Waals surface area contributed by atoms with Crippen LogP contribution >= 0.6 is 0 Å². The maximum absolute atomic E-state index is 12.7. The van der Waals surface area contributed by atoms with E-state index in [2.05, 4.69) is 5.32 Å². The summed E-state index contributed by atoms with van der Waals surface area (Å²) in [6.07, 6.45) is -4.12. The normalized spacial score (nSPS) is 12.9. The van der Waals surface area contributed by atoms with Gasteiger partial charge in [0.25, 0.3) is 5.91 Å². The van der Waals surface area contributed by atoms with E-state index in [0.29, 0.717) is 6.42 Å². The Morgan fingerprint density at radius 2 is 1.83 bits per heavy atom. The SMILES string of the molecule is CC(C)CC(NC(=O)c1cccc(C(F)(F)F)c1)C(=O)N(C)C. The van der Waals surface area contributed by atoms with Gasteiger partial charge in [0.1, 0.15) is 6.04 Å². The zero-order valence-electron chi connectivity index (χ0n) is 13.6. The Morgan fingerprint density at radius 3 is 2.30 bits per heavy atom. The molecule has 1 aromatic carbocycles. The number of alkyl halides is 3. The van der Waals surface area contributed by atoms with Gasteiger partial charge < -0.3 is 10.2 Å². The number of likely N-dealkylation sites (N-methyl/N-ethyl adjacent to an activating group) is 1. The third-order valence-electron chi connectivity index (χ3n) is 3.20. The fourth-order valence-electron chi connectivity index (χ4n) is 2.08. The molecule has 0 heterocycles. The van der Waals surface area contributed by atoms with Crippen molar-refractivity contribution < 1.29 is 22.8 Å². The number of rotatable bonds is 5. The van der Waals surface area contributed by atoms with E-state index in [1.165, 1.54) is 17.0 Å². The van der Waals surface area contributed by atoms with Crippen molar-refractivity contribution in [2.45, 2.75) is 32.5 Å². The molecule has 0 radical (unpaired) electrons. The minimum atomic E-state index is -4.52. The third-order valence-corrected chi connectivity index (χ3v) is 3.20. The molecule has 2 amide bonds. The zero-order chi connectivity index (χ0) is 17.8. The number of carbonyl (C=O) groups is 2. The average molecular weight is 330 g/mol. The van der Waals surface area contributed by atoms with Crippen LogP contribution in [0.4, 0.5) is 13.2 Å². The monoisotopic (exact) mass is 330 g/mol. The predicted octanol–water partition coefficient (Wildman–Crippen LogP) is 2.94. The first kappa shape index (κ1) is 19.0. The molecule has 0 spiro atoms. The molecule has 23 heavy (non-hydrogen) atoms. The molecular weight excluding hydrogens is 309 g/mol. The molecule has 4 nitrogen and oxygen atoms in total. The lowest BCUT2D eigenvalue weighted by atomic mass is 10.0. The van der Waals surface area contributed by atoms with Gasteiger partial charge in [-0.1, -0.05) is 19.9 Å². The van der Waals surface area contributed by atoms with Crippen molar-refractivity contribution in [3.63, 3.8) is 0 Å². The minimum absolute atomic E-state index is 0.125. The van der Waals surface area contributed by atoms with Crippen LogP contribution in [0.3, 0.4) is 0 Å². The second-order valence-electron chi connectivity index (χ2n) is 5.97. The van der Waals surface area contributed by atoms with Gasteiger partial charge in [-0.2, -0.15) is 13.2 Å². The minimum Gasteiger partial charge on any atom is -0.347 e. The Hall–Kier alpha value is -2.05. The highest BCUT2D eigenvalue weighted by molar-refractivity contribution is 5.97. The van der Waals surface area contributed by atoms with Crippen LogP contribution in [0.2, 0.25) is 0 Å². The number of benzene rings is 1. The van der Waals surface area contributed by atoms with Crippen molar-refractivity contribution in [1.82, 2.24) is 10.2 Å². The summed E-state index contributed by atoms with van der Waals surface area (Å²) in [4.78, 5) is 25.6. The number of hydrogen-bond donors (Lipinski definition) is 1. The van der Waals surface area contributed by atoms with E-state index in [1.54, 1.807) is 14.1 Å². The quantitative estimate of drug-likeness (QED) is 0.902. The molecule has 1 unspecified atom stereocenters. The summed E-state index contributed by atoms with van der Waals surface area (Å²) in [5.41, 5.74) is -1.02. The molecule has 7 heteroatoms. The molecule has 1 N–H and O–H groups in total. The van der Waals surface area contributed by atoms with Crippen molar-refractivity contribution in [2.24, 2.45) is 5.92 Å². The fourth-order valence-corrected chi connectivity index (χ4v) is 2.08. The molecule has 1 aromatic rings. The molecule has 0 aliphatic carbocycles. The summed E-state index contributed by atoms with van der Waals surface area (Å²) < 4.78 is 38.1. The van der Waals surface area contributed by atoms with Crippen LogP contribution < -0.4 is 5.32 Å². The van der Waals surface area contributed by atoms with Crippen molar-refractivity contribution in [3.05, 3.63) is 35.4 Å². The largest absolute Gasteiger partial charge is 0.416 e. The Labute approximate surface area is 133 Å². The van der Waals surface area contributed by atoms with Gasteiger partial charge in [0.2, 0.25) is 5.91 Å². The second kappa shape index (κ2) is 7.48. The Morgan fingerprint density at radius 1 is 1.22 bits per heavy atom. The van der Waals surface area contributed by atoms with E-state index in [9.17, 15) is 22.8 Å². The maximum atomic E-state index is 12.7. The number of halogens is 3. The van der Waals surface area contributed by atoms with Crippen LogP contribution in [-0.2, 0) is 11.0 Å². The van der Waals surface area contributed by atoms with E-state index in [1.807, 2.05) is 13.8 Å². The van der Waals surface area contributed by atoms with E-state index < -0.39 is 23.7 Å². The number of nitrogens with zero attached hydrogens (tertiary/aromatic N) is 1. The van der Waals surface area contributed by atoms with Gasteiger partial charge >= 0.3 is 6.18 Å². The summed E-state index contributed by atoms with van der Waals surface area (Å²) >= 11 is 0. The smallest absolute Gasteiger partial charge is 0.347 e. The standard InChI is InChI=1S/C16H21F3N2O2/c1-10(2)8-13(15(23)21(3)4)20-14(22)11-6-5-7-12(9-11)16(17,18)19/h5-7,9-10,13H,8H2,1-4H3,(H,20,22). The van der Waals surface area contributed by atoms with Gasteiger partial charge in [-0.05, 0) is 30.5 Å². The summed E-state index contributed by atoms with van der Waals surface area (Å²) in [6.45, 7) is 3.79. The Balaban J connectivity index is 2.97. The van der Waals surface area contributed by atoms with Gasteiger partial charge in [-0.15, -0.1) is 0 Å². The van der Waals surface area contributed by atoms with Crippen molar-refractivity contribution in [2.75, 3.05) is 14.1 Å². The second-order valence-corrected chi connectivity index (χ2v) is 5.97. The third kappa shape index (κ3) is 5.58. The Kier molecular flexibility index (Phi) is 6.18. The molecule has 0 aliphatic rings. The van der Waals surface area contributed by atoms with Crippen molar-refractivity contribution in [1.29, 1.82) is 0 Å². The summed E-state index contributed by atoms with van der Waals surface area (Å²) in [7, 11) is 3.12. The zero-order valence-corrected chi connectivity index (χ0v) is 13.6. The van der Waals surface area contributed by atoms with Crippen LogP contribution in [-0.4, -0.2) is 36.9 Å². The molecule has 1 atom stereocenters. The first-order valence-corrected chi connectivity index (χ1v) is 7.21. The van der Waals surface area contributed by atoms with E-state index in [-0.39, 0.29) is 17.4 Å². The molecular formula is C16H21F3N2O2. The van der Waals surface area contributed by atoms with Crippen LogP contribution in [0.1, 0.15) is 36.2 Å². The number of nitrogens with one attached hydrogen (secondary N) is 1. The van der Waals surface area contributed by atoms with Crippen LogP contribution in [0, 0.1) is 5.92 Å². The molecule has 0 saturated heterocycles. The van der Waals surface area contributed by atoms with Crippen LogP contribution in [0.15, 0.2) is 24.3 Å². The van der Waals surface area contributed by atoms with Gasteiger partial charge in [-0.25, -0.2) is 0 Å². The Bertz CT molecular complexity index is 569. The predicted molar refractivity (Wildman–Crippen MR) is 80.8 cm³/mol. The number of amides is 2. The molecule has 0 bridgehead atoms. The van der Waals surface area contributed by atoms with Crippen LogP contribution in [0.25, 0.3) is 0 Å². The molecule has 128 valence electrons. The topological polar surface area (TPSA) is 49.4 Å². The maximum Gasteiger partial charge on any atom is 0.416 e. The molecule has 1 rings (SSSR count). The highest BCUT2D eigenvalue weighted by Gasteiger charge is 2.31. The molecule has 0 aromatic heterocycles. The summed E-state index contributed by atoms with van der Waals surface area (Å²) in [5.74, 6) is -0.846. The van der Waals surface area contributed by atoms with E-state index in [0.717, 1.165) is 12.1 Å². The fraction of sp³-hybridized carbons (Fsp3) is 0.500. The highest BCUT2D eigenvalue weighted by Crippen LogP contribution is 2.29. The molecule has 0 aliphatic heterocycles. The van der Waals surface area contributed by atoms with E-state index in [4.69, 9.17) is 0 Å². The molecule has 0 fully saturated rings. The van der Waals surface area contributed by atoms with Crippen LogP contribution in [0.5, 0.6) is 0 Å². The van der Waals surface area contributed by atoms with Gasteiger partial charge in [0, 0.05) is 19.7 Å². The van der Waals surface area contributed by atoms with Gasteiger partial charge in [0.15, 0.2) is 0 Å². The lowest BCUT2D eigenvalue weighted by Gasteiger charge is -2.23. The van der Waals surface area contributed by atoms with Gasteiger partial charge in [-0.3, -0.25) is 9.59 Å². The first-order valence-electron chi connectivity index (χ1n) is 7.21.